The number of nitro groups is 1. The molecule has 1 saturated heterocycles. The average molecular weight is 396 g/mol. The van der Waals surface area contributed by atoms with Crippen LogP contribution in [0, 0.1) is 10.1 Å². The van der Waals surface area contributed by atoms with Crippen LogP contribution in [0.2, 0.25) is 0 Å². The highest BCUT2D eigenvalue weighted by molar-refractivity contribution is 6.09. The molecule has 0 amide bonds. The Morgan fingerprint density at radius 3 is 2.41 bits per heavy atom. The third kappa shape index (κ3) is 5.19. The summed E-state index contributed by atoms with van der Waals surface area (Å²) in [6, 6.07) is 13.7. The zero-order chi connectivity index (χ0) is 20.8. The summed E-state index contributed by atoms with van der Waals surface area (Å²) in [5, 5.41) is 14.8. The molecule has 1 aliphatic rings. The first-order valence-electron chi connectivity index (χ1n) is 10.1. The summed E-state index contributed by atoms with van der Waals surface area (Å²) in [5.74, 6) is -0.220. The Morgan fingerprint density at radius 1 is 1.10 bits per heavy atom. The number of nitro benzene ring substituents is 1. The Labute approximate surface area is 171 Å². The maximum absolute atomic E-state index is 12.6. The van der Waals surface area contributed by atoms with Crippen LogP contribution in [0.5, 0.6) is 0 Å². The van der Waals surface area contributed by atoms with Gasteiger partial charge < -0.3 is 10.2 Å². The smallest absolute Gasteiger partial charge is 0.293 e. The Balaban J connectivity index is 1.68. The summed E-state index contributed by atoms with van der Waals surface area (Å²) in [7, 11) is 0. The number of ketones is 1. The Bertz CT molecular complexity index is 848. The van der Waals surface area contributed by atoms with Gasteiger partial charge in [-0.1, -0.05) is 37.3 Å². The first-order valence-corrected chi connectivity index (χ1v) is 10.1. The summed E-state index contributed by atoms with van der Waals surface area (Å²) in [4.78, 5) is 28.6. The van der Waals surface area contributed by atoms with E-state index in [0.29, 0.717) is 23.4 Å². The van der Waals surface area contributed by atoms with E-state index in [9.17, 15) is 14.9 Å². The minimum Gasteiger partial charge on any atom is -0.378 e. The van der Waals surface area contributed by atoms with Crippen molar-refractivity contribution in [1.82, 2.24) is 9.80 Å². The zero-order valence-corrected chi connectivity index (χ0v) is 17.0. The van der Waals surface area contributed by atoms with E-state index in [-0.39, 0.29) is 17.5 Å². The van der Waals surface area contributed by atoms with Gasteiger partial charge in [0.2, 0.25) is 0 Å². The zero-order valence-electron chi connectivity index (χ0n) is 17.0. The van der Waals surface area contributed by atoms with Gasteiger partial charge in [0, 0.05) is 56.0 Å². The highest BCUT2D eigenvalue weighted by Crippen LogP contribution is 2.27. The van der Waals surface area contributed by atoms with Crippen molar-refractivity contribution in [3.8, 4) is 0 Å². The van der Waals surface area contributed by atoms with Crippen LogP contribution in [0.3, 0.4) is 0 Å². The summed E-state index contributed by atoms with van der Waals surface area (Å²) in [5.41, 5.74) is 1.20. The largest absolute Gasteiger partial charge is 0.378 e. The molecule has 1 fully saturated rings. The Morgan fingerprint density at radius 2 is 1.79 bits per heavy atom. The van der Waals surface area contributed by atoms with E-state index in [2.05, 4.69) is 29.0 Å². The van der Waals surface area contributed by atoms with E-state index in [4.69, 9.17) is 0 Å². The molecular formula is C22H28N4O3. The third-order valence-corrected chi connectivity index (χ3v) is 5.56. The number of nitrogens with one attached hydrogen (secondary N) is 1. The summed E-state index contributed by atoms with van der Waals surface area (Å²) in [6.45, 7) is 10.1. The molecule has 0 saturated carbocycles. The number of hydrogen-bond acceptors (Lipinski definition) is 6. The van der Waals surface area contributed by atoms with Crippen LogP contribution in [-0.4, -0.2) is 65.8 Å². The molecule has 3 rings (SSSR count). The topological polar surface area (TPSA) is 78.7 Å². The molecule has 2 aromatic carbocycles. The average Bonchev–Trinajstić information content (AvgIpc) is 2.77. The molecule has 0 radical (unpaired) electrons. The van der Waals surface area contributed by atoms with Gasteiger partial charge in [-0.05, 0) is 25.6 Å². The van der Waals surface area contributed by atoms with E-state index in [0.717, 1.165) is 32.7 Å². The van der Waals surface area contributed by atoms with Crippen molar-refractivity contribution in [2.24, 2.45) is 0 Å². The van der Waals surface area contributed by atoms with Crippen molar-refractivity contribution in [2.75, 3.05) is 44.6 Å². The minimum atomic E-state index is -0.436. The van der Waals surface area contributed by atoms with Crippen molar-refractivity contribution in [3.05, 3.63) is 69.8 Å². The van der Waals surface area contributed by atoms with Gasteiger partial charge in [-0.2, -0.15) is 0 Å². The van der Waals surface area contributed by atoms with Gasteiger partial charge >= 0.3 is 0 Å². The quantitative estimate of drug-likeness (QED) is 0.419. The molecule has 1 unspecified atom stereocenters. The van der Waals surface area contributed by atoms with Gasteiger partial charge in [-0.15, -0.1) is 0 Å². The van der Waals surface area contributed by atoms with Crippen molar-refractivity contribution in [2.45, 2.75) is 19.9 Å². The fraction of sp³-hybridized carbons (Fsp3) is 0.409. The molecular weight excluding hydrogens is 368 g/mol. The lowest BCUT2D eigenvalue weighted by atomic mass is 10.0. The number of hydrogen-bond donors (Lipinski definition) is 1. The van der Waals surface area contributed by atoms with Crippen molar-refractivity contribution < 1.29 is 9.72 Å². The fourth-order valence-electron chi connectivity index (χ4n) is 3.64. The number of benzene rings is 2. The Kier molecular flexibility index (Phi) is 6.95. The standard InChI is InChI=1S/C22H28N4O3/c1-3-24-11-13-25(14-12-24)17(2)16-23-20-10-9-19(15-21(20)26(28)29)22(27)18-7-5-4-6-8-18/h4-10,15,17,23H,3,11-14,16H2,1-2H3. The van der Waals surface area contributed by atoms with Gasteiger partial charge in [0.05, 0.1) is 4.92 Å². The second-order valence-electron chi connectivity index (χ2n) is 7.38. The molecule has 1 N–H and O–H groups in total. The van der Waals surface area contributed by atoms with E-state index >= 15 is 0 Å². The maximum atomic E-state index is 12.6. The van der Waals surface area contributed by atoms with Crippen LogP contribution in [0.4, 0.5) is 11.4 Å². The highest BCUT2D eigenvalue weighted by atomic mass is 16.6. The van der Waals surface area contributed by atoms with Gasteiger partial charge in [-0.3, -0.25) is 19.8 Å². The molecule has 7 heteroatoms. The number of anilines is 1. The first-order chi connectivity index (χ1) is 14.0. The van der Waals surface area contributed by atoms with Crippen molar-refractivity contribution >= 4 is 17.2 Å². The molecule has 1 aliphatic heterocycles. The fourth-order valence-corrected chi connectivity index (χ4v) is 3.64. The normalized spacial score (nSPS) is 16.3. The lowest BCUT2D eigenvalue weighted by Gasteiger charge is -2.37. The predicted molar refractivity (Wildman–Crippen MR) is 115 cm³/mol. The second kappa shape index (κ2) is 9.62. The molecule has 154 valence electrons. The third-order valence-electron chi connectivity index (χ3n) is 5.56. The minimum absolute atomic E-state index is 0.0743. The maximum Gasteiger partial charge on any atom is 0.293 e. The van der Waals surface area contributed by atoms with E-state index in [1.54, 1.807) is 36.4 Å². The first kappa shape index (κ1) is 21.0. The van der Waals surface area contributed by atoms with E-state index in [1.165, 1.54) is 6.07 Å². The monoisotopic (exact) mass is 396 g/mol. The predicted octanol–water partition coefficient (Wildman–Crippen LogP) is 3.26. The van der Waals surface area contributed by atoms with Crippen LogP contribution < -0.4 is 5.32 Å². The van der Waals surface area contributed by atoms with Crippen LogP contribution in [0.1, 0.15) is 29.8 Å². The molecule has 0 aromatic heterocycles. The molecule has 1 heterocycles. The number of carbonyl (C=O) groups excluding carboxylic acids is 1. The summed E-state index contributed by atoms with van der Waals surface area (Å²) >= 11 is 0. The number of nitrogens with zero attached hydrogens (tertiary/aromatic N) is 3. The van der Waals surface area contributed by atoms with E-state index in [1.807, 2.05) is 6.07 Å². The number of piperazine rings is 1. The van der Waals surface area contributed by atoms with Crippen LogP contribution >= 0.6 is 0 Å². The lowest BCUT2D eigenvalue weighted by molar-refractivity contribution is -0.384. The van der Waals surface area contributed by atoms with Gasteiger partial charge in [0.25, 0.3) is 5.69 Å². The molecule has 2 aromatic rings. The number of rotatable bonds is 8. The molecule has 7 nitrogen and oxygen atoms in total. The second-order valence-corrected chi connectivity index (χ2v) is 7.38. The molecule has 29 heavy (non-hydrogen) atoms. The van der Waals surface area contributed by atoms with Crippen molar-refractivity contribution in [1.29, 1.82) is 0 Å². The molecule has 1 atom stereocenters. The Hall–Kier alpha value is -2.77. The summed E-state index contributed by atoms with van der Waals surface area (Å²) < 4.78 is 0. The van der Waals surface area contributed by atoms with Gasteiger partial charge in [0.15, 0.2) is 5.78 Å². The lowest BCUT2D eigenvalue weighted by Crippen LogP contribution is -2.51. The van der Waals surface area contributed by atoms with Crippen LogP contribution in [0.15, 0.2) is 48.5 Å². The number of likely N-dealkylation sites (N-methyl/N-ethyl adjacent to an activating group) is 1. The summed E-state index contributed by atoms with van der Waals surface area (Å²) in [6.07, 6.45) is 0. The molecule has 0 aliphatic carbocycles. The number of carbonyl (C=O) groups is 1. The SMILES string of the molecule is CCN1CCN(C(C)CNc2ccc(C(=O)c3ccccc3)cc2[N+](=O)[O-])CC1. The van der Waals surface area contributed by atoms with Crippen LogP contribution in [-0.2, 0) is 0 Å². The molecule has 0 spiro atoms. The van der Waals surface area contributed by atoms with Gasteiger partial charge in [0.1, 0.15) is 5.69 Å². The van der Waals surface area contributed by atoms with E-state index < -0.39 is 4.92 Å². The van der Waals surface area contributed by atoms with Crippen molar-refractivity contribution in [3.63, 3.8) is 0 Å². The highest BCUT2D eigenvalue weighted by Gasteiger charge is 2.22. The van der Waals surface area contributed by atoms with Gasteiger partial charge in [-0.25, -0.2) is 0 Å². The van der Waals surface area contributed by atoms with Crippen LogP contribution in [0.25, 0.3) is 0 Å². The molecule has 0 bridgehead atoms.